The number of methoxy groups -OCH3 is 3. The van der Waals surface area contributed by atoms with Gasteiger partial charge in [-0.1, -0.05) is 77.0 Å². The molecule has 1 unspecified atom stereocenters. The van der Waals surface area contributed by atoms with Gasteiger partial charge < -0.3 is 14.2 Å². The van der Waals surface area contributed by atoms with Crippen LogP contribution in [0.2, 0.25) is 0 Å². The van der Waals surface area contributed by atoms with Crippen LogP contribution in [0.5, 0.6) is 0 Å². The van der Waals surface area contributed by atoms with E-state index in [1.54, 1.807) is 21.3 Å². The van der Waals surface area contributed by atoms with Crippen LogP contribution in [0.1, 0.15) is 103 Å². The van der Waals surface area contributed by atoms with Gasteiger partial charge in [-0.05, 0) is 12.8 Å². The van der Waals surface area contributed by atoms with E-state index in [-0.39, 0.29) is 6.42 Å². The molecule has 0 bridgehead atoms. The predicted octanol–water partition coefficient (Wildman–Crippen LogP) is 7.11. The highest BCUT2D eigenvalue weighted by molar-refractivity contribution is 4.96. The molecular weight excluding hydrogens is 385 g/mol. The van der Waals surface area contributed by atoms with E-state index >= 15 is 0 Å². The van der Waals surface area contributed by atoms with E-state index in [1.807, 2.05) is 0 Å². The van der Waals surface area contributed by atoms with E-state index in [0.717, 1.165) is 38.5 Å². The number of alkyl halides is 3. The molecule has 0 aromatic carbocycles. The van der Waals surface area contributed by atoms with Gasteiger partial charge in [0.15, 0.2) is 0 Å². The van der Waals surface area contributed by atoms with Crippen LogP contribution in [0.4, 0.5) is 13.2 Å². The Morgan fingerprint density at radius 1 is 0.586 bits per heavy atom. The molecule has 0 spiro atoms. The Labute approximate surface area is 174 Å². The molecule has 4 nitrogen and oxygen atoms in total. The molecule has 7 heteroatoms. The molecular formula is C22H41F3O4. The lowest BCUT2D eigenvalue weighted by Crippen LogP contribution is -2.31. The van der Waals surface area contributed by atoms with Gasteiger partial charge in [-0.25, -0.2) is 0 Å². The monoisotopic (exact) mass is 426 g/mol. The summed E-state index contributed by atoms with van der Waals surface area (Å²) in [5, 5.41) is 0. The maximum atomic E-state index is 12.0. The Morgan fingerprint density at radius 3 is 1.28 bits per heavy atom. The maximum absolute atomic E-state index is 12.0. The summed E-state index contributed by atoms with van der Waals surface area (Å²) in [6.45, 7) is 0. The minimum absolute atomic E-state index is 0.280. The van der Waals surface area contributed by atoms with Gasteiger partial charge in [0.25, 0.3) is 5.79 Å². The van der Waals surface area contributed by atoms with Crippen molar-refractivity contribution in [3.63, 3.8) is 0 Å². The highest BCUT2D eigenvalue weighted by atomic mass is 19.4. The minimum Gasteiger partial charge on any atom is -0.347 e. The number of hydrogen-bond acceptors (Lipinski definition) is 4. The molecule has 1 fully saturated rings. The number of rotatable bonds is 19. The Kier molecular flexibility index (Phi) is 12.7. The first-order chi connectivity index (χ1) is 13.8. The number of ether oxygens (including phenoxy) is 4. The molecule has 1 aliphatic rings. The molecule has 0 amide bonds. The lowest BCUT2D eigenvalue weighted by molar-refractivity contribution is -0.208. The van der Waals surface area contributed by atoms with E-state index in [1.165, 1.54) is 44.9 Å². The number of halogens is 3. The highest BCUT2D eigenvalue weighted by Crippen LogP contribution is 2.52. The summed E-state index contributed by atoms with van der Waals surface area (Å²) in [4.78, 5) is 0. The zero-order chi connectivity index (χ0) is 21.6. The number of hydrogen-bond donors (Lipinski definition) is 0. The van der Waals surface area contributed by atoms with Crippen LogP contribution < -0.4 is 0 Å². The van der Waals surface area contributed by atoms with Gasteiger partial charge in [0.2, 0.25) is 0 Å². The van der Waals surface area contributed by atoms with Gasteiger partial charge in [-0.15, -0.1) is 0 Å². The van der Waals surface area contributed by atoms with Gasteiger partial charge in [0.1, 0.15) is 0 Å². The SMILES string of the molecule is COC1(CCCCCCCCCCCCCCCCC(F)(F)F)OC1(OC)OC. The van der Waals surface area contributed by atoms with Crippen LogP contribution >= 0.6 is 0 Å². The Bertz CT molecular complexity index is 413. The summed E-state index contributed by atoms with van der Waals surface area (Å²) in [5.41, 5.74) is 0. The average molecular weight is 427 g/mol. The largest absolute Gasteiger partial charge is 0.389 e. The second kappa shape index (κ2) is 13.8. The van der Waals surface area contributed by atoms with E-state index in [0.29, 0.717) is 6.42 Å². The quantitative estimate of drug-likeness (QED) is 0.125. The van der Waals surface area contributed by atoms with Crippen molar-refractivity contribution >= 4 is 0 Å². The molecule has 0 aromatic heterocycles. The number of unbranched alkanes of at least 4 members (excludes halogenated alkanes) is 13. The van der Waals surface area contributed by atoms with Crippen LogP contribution in [0, 0.1) is 0 Å². The zero-order valence-corrected chi connectivity index (χ0v) is 18.6. The number of epoxide rings is 1. The minimum atomic E-state index is -3.99. The molecule has 0 aliphatic carbocycles. The molecule has 29 heavy (non-hydrogen) atoms. The van der Waals surface area contributed by atoms with Gasteiger partial charge in [0, 0.05) is 34.2 Å². The van der Waals surface area contributed by atoms with Crippen LogP contribution in [0.25, 0.3) is 0 Å². The third-order valence-electron chi connectivity index (χ3n) is 5.81. The summed E-state index contributed by atoms with van der Waals surface area (Å²) < 4.78 is 57.6. The predicted molar refractivity (Wildman–Crippen MR) is 108 cm³/mol. The third kappa shape index (κ3) is 9.99. The molecule has 0 radical (unpaired) electrons. The standard InChI is InChI=1S/C22H41F3O4/c1-26-20(22(27-2,28-3)29-20)18-16-14-12-10-8-6-4-5-7-9-11-13-15-17-19-21(23,24)25/h4-19H2,1-3H3. The Morgan fingerprint density at radius 2 is 0.966 bits per heavy atom. The summed E-state index contributed by atoms with van der Waals surface area (Å²) in [5.74, 6) is -1.79. The molecule has 0 saturated carbocycles. The van der Waals surface area contributed by atoms with Crippen molar-refractivity contribution < 1.29 is 32.1 Å². The molecule has 1 aliphatic heterocycles. The van der Waals surface area contributed by atoms with E-state index in [4.69, 9.17) is 18.9 Å². The van der Waals surface area contributed by atoms with Crippen molar-refractivity contribution in [2.45, 2.75) is 121 Å². The zero-order valence-electron chi connectivity index (χ0n) is 18.6. The van der Waals surface area contributed by atoms with Crippen molar-refractivity contribution in [1.29, 1.82) is 0 Å². The fraction of sp³-hybridized carbons (Fsp3) is 1.00. The van der Waals surface area contributed by atoms with Crippen LogP contribution in [-0.4, -0.2) is 39.3 Å². The lowest BCUT2D eigenvalue weighted by atomic mass is 10.0. The fourth-order valence-electron chi connectivity index (χ4n) is 3.95. The summed E-state index contributed by atoms with van der Waals surface area (Å²) in [6, 6.07) is 0. The first kappa shape index (κ1) is 26.7. The second-order valence-corrected chi connectivity index (χ2v) is 8.09. The van der Waals surface area contributed by atoms with Gasteiger partial charge in [-0.2, -0.15) is 13.2 Å². The first-order valence-electron chi connectivity index (χ1n) is 11.3. The summed E-state index contributed by atoms with van der Waals surface area (Å²) >= 11 is 0. The van der Waals surface area contributed by atoms with Gasteiger partial charge in [0.05, 0.1) is 0 Å². The normalized spacial score (nSPS) is 20.9. The third-order valence-corrected chi connectivity index (χ3v) is 5.81. The van der Waals surface area contributed by atoms with Crippen molar-refractivity contribution in [3.05, 3.63) is 0 Å². The van der Waals surface area contributed by atoms with Gasteiger partial charge >= 0.3 is 12.1 Å². The molecule has 1 saturated heterocycles. The van der Waals surface area contributed by atoms with E-state index < -0.39 is 24.4 Å². The van der Waals surface area contributed by atoms with Gasteiger partial charge in [-0.3, -0.25) is 4.74 Å². The topological polar surface area (TPSA) is 40.2 Å². The molecule has 1 atom stereocenters. The van der Waals surface area contributed by atoms with Crippen LogP contribution in [-0.2, 0) is 18.9 Å². The van der Waals surface area contributed by atoms with Crippen LogP contribution in [0.15, 0.2) is 0 Å². The first-order valence-corrected chi connectivity index (χ1v) is 11.3. The molecule has 174 valence electrons. The van der Waals surface area contributed by atoms with Crippen LogP contribution in [0.3, 0.4) is 0 Å². The van der Waals surface area contributed by atoms with Crippen molar-refractivity contribution in [3.8, 4) is 0 Å². The Hall–Kier alpha value is -0.370. The van der Waals surface area contributed by atoms with Crippen molar-refractivity contribution in [2.75, 3.05) is 21.3 Å². The molecule has 0 N–H and O–H groups in total. The second-order valence-electron chi connectivity index (χ2n) is 8.09. The fourth-order valence-corrected chi connectivity index (χ4v) is 3.95. The molecule has 0 aromatic rings. The summed E-state index contributed by atoms with van der Waals surface area (Å²) in [7, 11) is 4.74. The molecule has 1 rings (SSSR count). The van der Waals surface area contributed by atoms with E-state index in [9.17, 15) is 13.2 Å². The maximum Gasteiger partial charge on any atom is 0.389 e. The Balaban J connectivity index is 1.82. The van der Waals surface area contributed by atoms with Crippen molar-refractivity contribution in [2.24, 2.45) is 0 Å². The summed E-state index contributed by atoms with van der Waals surface area (Å²) in [6.07, 6.45) is 11.2. The smallest absolute Gasteiger partial charge is 0.347 e. The highest BCUT2D eigenvalue weighted by Gasteiger charge is 2.74. The lowest BCUT2D eigenvalue weighted by Gasteiger charge is -2.15. The molecule has 1 heterocycles. The van der Waals surface area contributed by atoms with Crippen molar-refractivity contribution in [1.82, 2.24) is 0 Å². The average Bonchev–Trinajstić information content (AvgIpc) is 3.35. The van der Waals surface area contributed by atoms with E-state index in [2.05, 4.69) is 0 Å².